The molecule has 0 fully saturated rings. The highest BCUT2D eigenvalue weighted by Gasteiger charge is 2.22. The quantitative estimate of drug-likeness (QED) is 0.622. The molecule has 4 heteroatoms. The van der Waals surface area contributed by atoms with Crippen LogP contribution in [0.25, 0.3) is 0 Å². The van der Waals surface area contributed by atoms with Gasteiger partial charge in [-0.1, -0.05) is 30.3 Å². The van der Waals surface area contributed by atoms with Crippen molar-refractivity contribution in [3.05, 3.63) is 59.7 Å². The third kappa shape index (κ3) is 4.83. The highest BCUT2D eigenvalue weighted by molar-refractivity contribution is 5.96. The zero-order valence-corrected chi connectivity index (χ0v) is 14.5. The molecule has 0 amide bonds. The molecule has 0 saturated carbocycles. The lowest BCUT2D eigenvalue weighted by atomic mass is 10.0. The lowest BCUT2D eigenvalue weighted by Gasteiger charge is -2.35. The Morgan fingerprint density at radius 2 is 1.67 bits per heavy atom. The third-order valence-corrected chi connectivity index (χ3v) is 4.07. The van der Waals surface area contributed by atoms with E-state index in [1.54, 1.807) is 0 Å². The van der Waals surface area contributed by atoms with Gasteiger partial charge in [0.25, 0.3) is 0 Å². The number of carbonyl (C=O) groups is 1. The molecule has 0 radical (unpaired) electrons. The van der Waals surface area contributed by atoms with Crippen molar-refractivity contribution in [3.63, 3.8) is 0 Å². The summed E-state index contributed by atoms with van der Waals surface area (Å²) < 4.78 is 0. The van der Waals surface area contributed by atoms with Crippen molar-refractivity contribution in [2.45, 2.75) is 39.3 Å². The Morgan fingerprint density at radius 3 is 2.25 bits per heavy atom. The Labute approximate surface area is 143 Å². The number of aromatic hydroxyl groups is 2. The summed E-state index contributed by atoms with van der Waals surface area (Å²) in [6.45, 7) is 7.80. The SMILES string of the molecule is CC(C)(C)N(CCC(=O)c1ccc(O)c(O)c1)Cc1ccccc1. The zero-order chi connectivity index (χ0) is 17.7. The monoisotopic (exact) mass is 327 g/mol. The molecule has 0 saturated heterocycles. The Bertz CT molecular complexity index is 690. The van der Waals surface area contributed by atoms with Gasteiger partial charge in [0.2, 0.25) is 0 Å². The Balaban J connectivity index is 2.04. The molecule has 2 rings (SSSR count). The van der Waals surface area contributed by atoms with Crippen LogP contribution in [0.1, 0.15) is 43.1 Å². The standard InChI is InChI=1S/C20H25NO3/c1-20(2,3)21(14-15-7-5-4-6-8-15)12-11-17(22)16-9-10-18(23)19(24)13-16/h4-10,13,23-24H,11-12,14H2,1-3H3. The minimum Gasteiger partial charge on any atom is -0.504 e. The summed E-state index contributed by atoms with van der Waals surface area (Å²) in [5.41, 5.74) is 1.56. The van der Waals surface area contributed by atoms with E-state index in [-0.39, 0.29) is 22.8 Å². The summed E-state index contributed by atoms with van der Waals surface area (Å²) in [7, 11) is 0. The molecule has 2 aromatic carbocycles. The topological polar surface area (TPSA) is 60.8 Å². The van der Waals surface area contributed by atoms with Crippen molar-refractivity contribution >= 4 is 5.78 Å². The number of phenolic OH excluding ortho intramolecular Hbond substituents is 2. The molecule has 0 heterocycles. The van der Waals surface area contributed by atoms with Crippen molar-refractivity contribution in [2.75, 3.05) is 6.54 Å². The Kier molecular flexibility index (Phi) is 5.62. The predicted octanol–water partition coefficient (Wildman–Crippen LogP) is 3.97. The number of hydrogen-bond donors (Lipinski definition) is 2. The average molecular weight is 327 g/mol. The maximum absolute atomic E-state index is 12.4. The number of ketones is 1. The summed E-state index contributed by atoms with van der Waals surface area (Å²) in [5.74, 6) is -0.530. The van der Waals surface area contributed by atoms with Gasteiger partial charge in [-0.2, -0.15) is 0 Å². The first-order valence-corrected chi connectivity index (χ1v) is 8.11. The van der Waals surface area contributed by atoms with Gasteiger partial charge in [-0.15, -0.1) is 0 Å². The number of phenols is 2. The second-order valence-corrected chi connectivity index (χ2v) is 6.95. The van der Waals surface area contributed by atoms with Crippen molar-refractivity contribution in [3.8, 4) is 11.5 Å². The van der Waals surface area contributed by atoms with Gasteiger partial charge in [0, 0.05) is 30.6 Å². The average Bonchev–Trinajstić information content (AvgIpc) is 2.53. The molecule has 2 N–H and O–H groups in total. The van der Waals surface area contributed by atoms with Crippen LogP contribution in [0, 0.1) is 0 Å². The van der Waals surface area contributed by atoms with E-state index >= 15 is 0 Å². The van der Waals surface area contributed by atoms with Crippen LogP contribution in [0.3, 0.4) is 0 Å². The van der Waals surface area contributed by atoms with Crippen LogP contribution in [0.2, 0.25) is 0 Å². The van der Waals surface area contributed by atoms with Gasteiger partial charge in [-0.25, -0.2) is 0 Å². The van der Waals surface area contributed by atoms with Gasteiger partial charge in [-0.05, 0) is 44.5 Å². The summed E-state index contributed by atoms with van der Waals surface area (Å²) in [5, 5.41) is 18.9. The molecule has 128 valence electrons. The van der Waals surface area contributed by atoms with Crippen molar-refractivity contribution in [2.24, 2.45) is 0 Å². The highest BCUT2D eigenvalue weighted by Crippen LogP contribution is 2.26. The molecule has 0 aliphatic heterocycles. The van der Waals surface area contributed by atoms with Gasteiger partial charge in [0.1, 0.15) is 0 Å². The van der Waals surface area contributed by atoms with E-state index < -0.39 is 0 Å². The first-order valence-electron chi connectivity index (χ1n) is 8.11. The predicted molar refractivity (Wildman–Crippen MR) is 95.3 cm³/mol. The first kappa shape index (κ1) is 18.0. The number of hydrogen-bond acceptors (Lipinski definition) is 4. The fraction of sp³-hybridized carbons (Fsp3) is 0.350. The molecule has 0 spiro atoms. The van der Waals surface area contributed by atoms with E-state index in [1.165, 1.54) is 23.8 Å². The van der Waals surface area contributed by atoms with E-state index in [2.05, 4.69) is 37.8 Å². The maximum Gasteiger partial charge on any atom is 0.164 e. The van der Waals surface area contributed by atoms with Crippen LogP contribution >= 0.6 is 0 Å². The largest absolute Gasteiger partial charge is 0.504 e. The molecule has 0 bridgehead atoms. The lowest BCUT2D eigenvalue weighted by Crippen LogP contribution is -2.42. The number of benzene rings is 2. The minimum absolute atomic E-state index is 0.0485. The molecule has 4 nitrogen and oxygen atoms in total. The molecule has 0 unspecified atom stereocenters. The van der Waals surface area contributed by atoms with E-state index in [4.69, 9.17) is 0 Å². The fourth-order valence-electron chi connectivity index (χ4n) is 2.53. The van der Waals surface area contributed by atoms with Crippen LogP contribution in [-0.4, -0.2) is 33.0 Å². The van der Waals surface area contributed by atoms with Crippen LogP contribution in [0.4, 0.5) is 0 Å². The number of carbonyl (C=O) groups excluding carboxylic acids is 1. The highest BCUT2D eigenvalue weighted by atomic mass is 16.3. The number of rotatable bonds is 6. The first-order chi connectivity index (χ1) is 11.3. The van der Waals surface area contributed by atoms with Gasteiger partial charge in [0.05, 0.1) is 0 Å². The minimum atomic E-state index is -0.266. The lowest BCUT2D eigenvalue weighted by molar-refractivity contribution is 0.0896. The van der Waals surface area contributed by atoms with Crippen LogP contribution in [-0.2, 0) is 6.54 Å². The summed E-state index contributed by atoms with van der Waals surface area (Å²) in [6, 6.07) is 14.4. The van der Waals surface area contributed by atoms with Gasteiger partial charge >= 0.3 is 0 Å². The maximum atomic E-state index is 12.4. The third-order valence-electron chi connectivity index (χ3n) is 4.07. The molecule has 0 atom stereocenters. The molecular weight excluding hydrogens is 302 g/mol. The van der Waals surface area contributed by atoms with Gasteiger partial charge in [0.15, 0.2) is 17.3 Å². The van der Waals surface area contributed by atoms with Crippen LogP contribution in [0.5, 0.6) is 11.5 Å². The Hall–Kier alpha value is -2.33. The van der Waals surface area contributed by atoms with Crippen molar-refractivity contribution in [1.82, 2.24) is 4.90 Å². The van der Waals surface area contributed by atoms with E-state index in [0.717, 1.165) is 6.54 Å². The van der Waals surface area contributed by atoms with Crippen LogP contribution in [0.15, 0.2) is 48.5 Å². The van der Waals surface area contributed by atoms with Crippen molar-refractivity contribution < 1.29 is 15.0 Å². The van der Waals surface area contributed by atoms with E-state index in [1.807, 2.05) is 18.2 Å². The molecule has 0 aromatic heterocycles. The number of Topliss-reactive ketones (excluding diaryl/α,β-unsaturated/α-hetero) is 1. The molecule has 24 heavy (non-hydrogen) atoms. The van der Waals surface area contributed by atoms with Gasteiger partial charge in [-0.3, -0.25) is 9.69 Å². The van der Waals surface area contributed by atoms with Crippen molar-refractivity contribution in [1.29, 1.82) is 0 Å². The van der Waals surface area contributed by atoms with E-state index in [9.17, 15) is 15.0 Å². The normalized spacial score (nSPS) is 11.7. The summed E-state index contributed by atoms with van der Waals surface area (Å²) >= 11 is 0. The summed E-state index contributed by atoms with van der Waals surface area (Å²) in [4.78, 5) is 14.6. The second-order valence-electron chi connectivity index (χ2n) is 6.95. The zero-order valence-electron chi connectivity index (χ0n) is 14.5. The number of nitrogens with zero attached hydrogens (tertiary/aromatic N) is 1. The van der Waals surface area contributed by atoms with Crippen LogP contribution < -0.4 is 0 Å². The summed E-state index contributed by atoms with van der Waals surface area (Å²) in [6.07, 6.45) is 0.355. The smallest absolute Gasteiger partial charge is 0.164 e. The Morgan fingerprint density at radius 1 is 1.00 bits per heavy atom. The fourth-order valence-corrected chi connectivity index (χ4v) is 2.53. The molecule has 2 aromatic rings. The second kappa shape index (κ2) is 7.49. The molecular formula is C20H25NO3. The van der Waals surface area contributed by atoms with Gasteiger partial charge < -0.3 is 10.2 Å². The molecule has 0 aliphatic carbocycles. The molecule has 0 aliphatic rings. The van der Waals surface area contributed by atoms with E-state index in [0.29, 0.717) is 18.5 Å².